The zero-order valence-electron chi connectivity index (χ0n) is 13.3. The molecule has 0 amide bonds. The molecule has 0 radical (unpaired) electrons. The minimum absolute atomic E-state index is 0.201. The number of methoxy groups -OCH3 is 1. The van der Waals surface area contributed by atoms with E-state index in [2.05, 4.69) is 15.9 Å². The van der Waals surface area contributed by atoms with Crippen LogP contribution in [0, 0.1) is 11.3 Å². The summed E-state index contributed by atoms with van der Waals surface area (Å²) < 4.78 is 33.6. The predicted octanol–water partition coefficient (Wildman–Crippen LogP) is 3.77. The average Bonchev–Trinajstić information content (AvgIpc) is 3.12. The fourth-order valence-electron chi connectivity index (χ4n) is 2.64. The maximum absolute atomic E-state index is 13.0. The summed E-state index contributed by atoms with van der Waals surface area (Å²) in [5, 5.41) is 8.59. The van der Waals surface area contributed by atoms with E-state index in [1.807, 2.05) is 24.3 Å². The van der Waals surface area contributed by atoms with Crippen molar-refractivity contribution in [3.8, 4) is 11.8 Å². The number of halogens is 1. The Hall–Kier alpha value is -1.53. The van der Waals surface area contributed by atoms with Crippen LogP contribution in [0.2, 0.25) is 0 Å². The first-order valence-corrected chi connectivity index (χ1v) is 10.7. The molecule has 130 valence electrons. The molecule has 0 N–H and O–H groups in total. The van der Waals surface area contributed by atoms with Gasteiger partial charge in [0.05, 0.1) is 33.5 Å². The van der Waals surface area contributed by atoms with Gasteiger partial charge in [0.2, 0.25) is 10.0 Å². The zero-order chi connectivity index (χ0) is 18.0. The van der Waals surface area contributed by atoms with Crippen LogP contribution in [0.15, 0.2) is 51.8 Å². The first kappa shape index (κ1) is 18.3. The Morgan fingerprint density at radius 3 is 2.60 bits per heavy atom. The molecule has 8 heteroatoms. The van der Waals surface area contributed by atoms with E-state index in [-0.39, 0.29) is 10.3 Å². The molecule has 0 saturated carbocycles. The molecule has 1 atom stereocenters. The summed E-state index contributed by atoms with van der Waals surface area (Å²) in [6.07, 6.45) is 0. The third kappa shape index (κ3) is 3.55. The van der Waals surface area contributed by atoms with Gasteiger partial charge in [0, 0.05) is 12.3 Å². The molecule has 2 aromatic carbocycles. The fraction of sp³-hybridized carbons (Fsp3) is 0.235. The van der Waals surface area contributed by atoms with Gasteiger partial charge in [-0.15, -0.1) is 11.8 Å². The second-order valence-electron chi connectivity index (χ2n) is 5.37. The zero-order valence-corrected chi connectivity index (χ0v) is 16.6. The van der Waals surface area contributed by atoms with Gasteiger partial charge in [-0.1, -0.05) is 6.07 Å². The molecule has 1 aliphatic heterocycles. The summed E-state index contributed by atoms with van der Waals surface area (Å²) in [4.78, 5) is 0.201. The molecular formula is C17H15BrN2O3S2. The molecule has 2 aromatic rings. The van der Waals surface area contributed by atoms with Crippen molar-refractivity contribution in [1.29, 1.82) is 5.26 Å². The summed E-state index contributed by atoms with van der Waals surface area (Å²) in [6.45, 7) is 0.446. The van der Waals surface area contributed by atoms with Crippen molar-refractivity contribution < 1.29 is 13.2 Å². The molecule has 1 fully saturated rings. The van der Waals surface area contributed by atoms with Gasteiger partial charge in [-0.05, 0) is 57.9 Å². The highest BCUT2D eigenvalue weighted by molar-refractivity contribution is 9.10. The van der Waals surface area contributed by atoms with E-state index in [9.17, 15) is 8.42 Å². The van der Waals surface area contributed by atoms with Gasteiger partial charge < -0.3 is 4.74 Å². The molecule has 1 heterocycles. The fourth-order valence-corrected chi connectivity index (χ4v) is 6.43. The lowest BCUT2D eigenvalue weighted by Gasteiger charge is -2.24. The van der Waals surface area contributed by atoms with Gasteiger partial charge in [0.25, 0.3) is 0 Å². The lowest BCUT2D eigenvalue weighted by atomic mass is 10.2. The van der Waals surface area contributed by atoms with Crippen LogP contribution in [-0.2, 0) is 10.0 Å². The summed E-state index contributed by atoms with van der Waals surface area (Å²) in [5.74, 6) is 1.43. The van der Waals surface area contributed by atoms with Crippen LogP contribution in [0.3, 0.4) is 0 Å². The van der Waals surface area contributed by atoms with Crippen molar-refractivity contribution in [3.05, 3.63) is 58.1 Å². The highest BCUT2D eigenvalue weighted by Gasteiger charge is 2.37. The smallest absolute Gasteiger partial charge is 0.244 e. The molecule has 1 aliphatic rings. The number of ether oxygens (including phenoxy) is 1. The minimum Gasteiger partial charge on any atom is -0.496 e. The lowest BCUT2D eigenvalue weighted by molar-refractivity contribution is 0.410. The van der Waals surface area contributed by atoms with E-state index in [0.29, 0.717) is 17.9 Å². The number of nitriles is 1. The summed E-state index contributed by atoms with van der Waals surface area (Å²) in [7, 11) is -2.04. The van der Waals surface area contributed by atoms with Crippen molar-refractivity contribution in [1.82, 2.24) is 4.31 Å². The summed E-state index contributed by atoms with van der Waals surface area (Å²) in [5.41, 5.74) is 1.33. The average molecular weight is 439 g/mol. The van der Waals surface area contributed by atoms with Crippen molar-refractivity contribution in [3.63, 3.8) is 0 Å². The first-order chi connectivity index (χ1) is 12.0. The maximum atomic E-state index is 13.0. The first-order valence-electron chi connectivity index (χ1n) is 7.44. The molecule has 0 spiro atoms. The third-order valence-corrected chi connectivity index (χ3v) is 7.79. The molecule has 0 aromatic heterocycles. The van der Waals surface area contributed by atoms with Crippen LogP contribution in [0.5, 0.6) is 5.75 Å². The van der Waals surface area contributed by atoms with Gasteiger partial charge >= 0.3 is 0 Å². The van der Waals surface area contributed by atoms with E-state index < -0.39 is 10.0 Å². The van der Waals surface area contributed by atoms with Crippen LogP contribution >= 0.6 is 27.7 Å². The number of rotatable bonds is 4. The highest BCUT2D eigenvalue weighted by Crippen LogP contribution is 2.43. The monoisotopic (exact) mass is 438 g/mol. The topological polar surface area (TPSA) is 70.4 Å². The van der Waals surface area contributed by atoms with Gasteiger partial charge in [0.15, 0.2) is 0 Å². The number of nitrogens with zero attached hydrogens (tertiary/aromatic N) is 2. The van der Waals surface area contributed by atoms with Crippen LogP contribution in [-0.4, -0.2) is 32.1 Å². The molecule has 1 unspecified atom stereocenters. The second-order valence-corrected chi connectivity index (χ2v) is 9.30. The van der Waals surface area contributed by atoms with Crippen molar-refractivity contribution in [2.45, 2.75) is 10.3 Å². The highest BCUT2D eigenvalue weighted by atomic mass is 79.9. The third-order valence-electron chi connectivity index (χ3n) is 3.90. The second kappa shape index (κ2) is 7.38. The largest absolute Gasteiger partial charge is 0.496 e. The minimum atomic E-state index is -3.63. The van der Waals surface area contributed by atoms with Crippen molar-refractivity contribution in [2.24, 2.45) is 0 Å². The standard InChI is InChI=1S/C17H15BrN2O3S2/c1-23-16-7-4-13(10-15(16)18)17-20(8-9-24-17)25(21,22)14-5-2-12(11-19)3-6-14/h2-7,10,17H,8-9H2,1H3. The van der Waals surface area contributed by atoms with Gasteiger partial charge in [-0.25, -0.2) is 8.42 Å². The molecule has 0 bridgehead atoms. The quantitative estimate of drug-likeness (QED) is 0.726. The van der Waals surface area contributed by atoms with E-state index in [4.69, 9.17) is 10.00 Å². The Labute approximate surface area is 159 Å². The predicted molar refractivity (Wildman–Crippen MR) is 101 cm³/mol. The van der Waals surface area contributed by atoms with E-state index in [0.717, 1.165) is 15.8 Å². The number of thioether (sulfide) groups is 1. The summed E-state index contributed by atoms with van der Waals surface area (Å²) in [6, 6.07) is 13.6. The van der Waals surface area contributed by atoms with Gasteiger partial charge in [0.1, 0.15) is 5.75 Å². The number of hydrogen-bond acceptors (Lipinski definition) is 5. The van der Waals surface area contributed by atoms with Crippen LogP contribution in [0.25, 0.3) is 0 Å². The van der Waals surface area contributed by atoms with Gasteiger partial charge in [-0.2, -0.15) is 9.57 Å². The molecular weight excluding hydrogens is 424 g/mol. The molecule has 5 nitrogen and oxygen atoms in total. The summed E-state index contributed by atoms with van der Waals surface area (Å²) >= 11 is 5.04. The maximum Gasteiger partial charge on any atom is 0.244 e. The molecule has 25 heavy (non-hydrogen) atoms. The molecule has 1 saturated heterocycles. The Morgan fingerprint density at radius 1 is 1.28 bits per heavy atom. The number of sulfonamides is 1. The number of hydrogen-bond donors (Lipinski definition) is 0. The Morgan fingerprint density at radius 2 is 2.00 bits per heavy atom. The van der Waals surface area contributed by atoms with Crippen molar-refractivity contribution in [2.75, 3.05) is 19.4 Å². The Bertz CT molecular complexity index is 924. The van der Waals surface area contributed by atoms with E-state index in [1.54, 1.807) is 18.9 Å². The van der Waals surface area contributed by atoms with Crippen molar-refractivity contribution >= 4 is 37.7 Å². The van der Waals surface area contributed by atoms with Crippen LogP contribution < -0.4 is 4.74 Å². The Kier molecular flexibility index (Phi) is 5.39. The molecule has 3 rings (SSSR count). The number of benzene rings is 2. The SMILES string of the molecule is COc1ccc(C2SCCN2S(=O)(=O)c2ccc(C#N)cc2)cc1Br. The Balaban J connectivity index is 1.95. The van der Waals surface area contributed by atoms with Crippen LogP contribution in [0.4, 0.5) is 0 Å². The lowest BCUT2D eigenvalue weighted by Crippen LogP contribution is -2.30. The van der Waals surface area contributed by atoms with Crippen LogP contribution in [0.1, 0.15) is 16.5 Å². The molecule has 0 aliphatic carbocycles. The van der Waals surface area contributed by atoms with Gasteiger partial charge in [-0.3, -0.25) is 0 Å². The van der Waals surface area contributed by atoms with E-state index in [1.165, 1.54) is 28.6 Å². The normalized spacial score (nSPS) is 18.0. The van der Waals surface area contributed by atoms with E-state index >= 15 is 0 Å².